The van der Waals surface area contributed by atoms with Gasteiger partial charge in [-0.25, -0.2) is 18.7 Å². The Kier molecular flexibility index (Phi) is 4.44. The first-order valence-electron chi connectivity index (χ1n) is 8.16. The van der Waals surface area contributed by atoms with Crippen molar-refractivity contribution in [2.75, 3.05) is 11.9 Å². The topological polar surface area (TPSA) is 79.9 Å². The highest BCUT2D eigenvalue weighted by Crippen LogP contribution is 2.29. The Morgan fingerprint density at radius 2 is 2.04 bits per heavy atom. The summed E-state index contributed by atoms with van der Waals surface area (Å²) in [6, 6.07) is 10.1. The van der Waals surface area contributed by atoms with Crippen LogP contribution in [-0.2, 0) is 0 Å². The molecule has 138 valence electrons. The van der Waals surface area contributed by atoms with Crippen molar-refractivity contribution in [3.05, 3.63) is 47.8 Å². The number of thiazole rings is 1. The number of carbonyl (C=O) groups excluding carboxylic acids is 1. The molecule has 0 saturated carbocycles. The number of fused-ring (bicyclic) bond motifs is 2. The zero-order valence-corrected chi connectivity index (χ0v) is 14.9. The van der Waals surface area contributed by atoms with Gasteiger partial charge in [-0.1, -0.05) is 11.3 Å². The lowest BCUT2D eigenvalue weighted by atomic mass is 10.2. The Labute approximate surface area is 156 Å². The fourth-order valence-corrected chi connectivity index (χ4v) is 3.55. The number of anilines is 1. The standard InChI is InChI=1S/C18H14F2N4O2S/c1-2-26-10-4-6-12-14(8-10)27-18(23-12)24-17(25)9-3-5-11-13(7-9)22-16(21-11)15(19)20/h3-8,15H,2H2,1H3,(H,21,22)(H,23,24,25). The van der Waals surface area contributed by atoms with Gasteiger partial charge in [-0.2, -0.15) is 0 Å². The minimum absolute atomic E-state index is 0.321. The van der Waals surface area contributed by atoms with Gasteiger partial charge >= 0.3 is 0 Å². The molecule has 0 saturated heterocycles. The Hall–Kier alpha value is -3.07. The second-order valence-corrected chi connectivity index (χ2v) is 6.72. The maximum atomic E-state index is 12.7. The molecule has 0 fully saturated rings. The average molecular weight is 388 g/mol. The molecule has 0 radical (unpaired) electrons. The number of benzene rings is 2. The number of aromatic nitrogens is 3. The molecule has 0 spiro atoms. The van der Waals surface area contributed by atoms with Crippen LogP contribution in [0.25, 0.3) is 21.3 Å². The number of aromatic amines is 1. The van der Waals surface area contributed by atoms with Crippen LogP contribution in [0.15, 0.2) is 36.4 Å². The van der Waals surface area contributed by atoms with Gasteiger partial charge in [0, 0.05) is 5.56 Å². The number of rotatable bonds is 5. The lowest BCUT2D eigenvalue weighted by molar-refractivity contribution is 0.102. The van der Waals surface area contributed by atoms with Crippen LogP contribution in [0.5, 0.6) is 5.75 Å². The molecule has 0 unspecified atom stereocenters. The monoisotopic (exact) mass is 388 g/mol. The fourth-order valence-electron chi connectivity index (χ4n) is 2.66. The lowest BCUT2D eigenvalue weighted by Gasteiger charge is -2.01. The van der Waals surface area contributed by atoms with Gasteiger partial charge in [0.25, 0.3) is 12.3 Å². The number of nitrogens with one attached hydrogen (secondary N) is 2. The molecule has 0 bridgehead atoms. The molecule has 27 heavy (non-hydrogen) atoms. The van der Waals surface area contributed by atoms with Crippen LogP contribution >= 0.6 is 11.3 Å². The third-order valence-electron chi connectivity index (χ3n) is 3.86. The summed E-state index contributed by atoms with van der Waals surface area (Å²) in [6.45, 7) is 2.47. The third-order valence-corrected chi connectivity index (χ3v) is 4.79. The first-order chi connectivity index (χ1) is 13.0. The molecule has 0 atom stereocenters. The smallest absolute Gasteiger partial charge is 0.295 e. The van der Waals surface area contributed by atoms with Gasteiger partial charge in [0.05, 0.1) is 27.9 Å². The second-order valence-electron chi connectivity index (χ2n) is 5.69. The van der Waals surface area contributed by atoms with Crippen molar-refractivity contribution >= 4 is 43.6 Å². The highest BCUT2D eigenvalue weighted by molar-refractivity contribution is 7.22. The molecule has 2 aromatic carbocycles. The van der Waals surface area contributed by atoms with Crippen LogP contribution in [0.2, 0.25) is 0 Å². The van der Waals surface area contributed by atoms with E-state index in [9.17, 15) is 13.6 Å². The zero-order chi connectivity index (χ0) is 19.0. The highest BCUT2D eigenvalue weighted by Gasteiger charge is 2.15. The van der Waals surface area contributed by atoms with Crippen molar-refractivity contribution in [2.24, 2.45) is 0 Å². The fraction of sp³-hybridized carbons (Fsp3) is 0.167. The Bertz CT molecular complexity index is 1140. The summed E-state index contributed by atoms with van der Waals surface area (Å²) >= 11 is 1.33. The SMILES string of the molecule is CCOc1ccc2nc(NC(=O)c3ccc4nc(C(F)F)[nH]c4c3)sc2c1. The van der Waals surface area contributed by atoms with Crippen molar-refractivity contribution in [3.63, 3.8) is 0 Å². The number of hydrogen-bond donors (Lipinski definition) is 2. The maximum absolute atomic E-state index is 12.7. The average Bonchev–Trinajstić information content (AvgIpc) is 3.24. The number of nitrogens with zero attached hydrogens (tertiary/aromatic N) is 2. The lowest BCUT2D eigenvalue weighted by Crippen LogP contribution is -2.11. The van der Waals surface area contributed by atoms with E-state index in [0.717, 1.165) is 16.0 Å². The summed E-state index contributed by atoms with van der Waals surface area (Å²) in [5, 5.41) is 3.18. The molecule has 6 nitrogen and oxygen atoms in total. The number of imidazole rings is 1. The Morgan fingerprint density at radius 1 is 1.22 bits per heavy atom. The van der Waals surface area contributed by atoms with Crippen LogP contribution in [0.3, 0.4) is 0 Å². The van der Waals surface area contributed by atoms with Crippen LogP contribution in [-0.4, -0.2) is 27.5 Å². The van der Waals surface area contributed by atoms with E-state index in [-0.39, 0.29) is 5.91 Å². The van der Waals surface area contributed by atoms with Gasteiger partial charge in [0.2, 0.25) is 0 Å². The highest BCUT2D eigenvalue weighted by atomic mass is 32.1. The van der Waals surface area contributed by atoms with Crippen molar-refractivity contribution in [3.8, 4) is 5.75 Å². The van der Waals surface area contributed by atoms with E-state index in [0.29, 0.717) is 28.3 Å². The number of hydrogen-bond acceptors (Lipinski definition) is 5. The van der Waals surface area contributed by atoms with Crippen molar-refractivity contribution in [1.82, 2.24) is 15.0 Å². The molecular formula is C18H14F2N4O2S. The van der Waals surface area contributed by atoms with Gasteiger partial charge in [0.1, 0.15) is 5.75 Å². The molecule has 0 aliphatic rings. The Balaban J connectivity index is 1.57. The van der Waals surface area contributed by atoms with Gasteiger partial charge in [-0.15, -0.1) is 0 Å². The molecule has 9 heteroatoms. The van der Waals surface area contributed by atoms with Crippen LogP contribution in [0.1, 0.15) is 29.5 Å². The normalized spacial score (nSPS) is 11.4. The van der Waals surface area contributed by atoms with Crippen molar-refractivity contribution < 1.29 is 18.3 Å². The first-order valence-corrected chi connectivity index (χ1v) is 8.97. The number of alkyl halides is 2. The predicted molar refractivity (Wildman–Crippen MR) is 99.8 cm³/mol. The van der Waals surface area contributed by atoms with Crippen molar-refractivity contribution in [1.29, 1.82) is 0 Å². The quantitative estimate of drug-likeness (QED) is 0.517. The summed E-state index contributed by atoms with van der Waals surface area (Å²) in [5.74, 6) is -0.0564. The molecule has 1 amide bonds. The van der Waals surface area contributed by atoms with Crippen LogP contribution in [0, 0.1) is 0 Å². The number of halogens is 2. The predicted octanol–water partition coefficient (Wildman–Crippen LogP) is 4.76. The molecule has 4 rings (SSSR count). The summed E-state index contributed by atoms with van der Waals surface area (Å²) in [5.41, 5.74) is 1.83. The largest absolute Gasteiger partial charge is 0.494 e. The number of H-pyrrole nitrogens is 1. The first kappa shape index (κ1) is 17.3. The van der Waals surface area contributed by atoms with Gasteiger partial charge in [-0.05, 0) is 43.3 Å². The molecule has 0 aliphatic heterocycles. The maximum Gasteiger partial charge on any atom is 0.295 e. The molecule has 0 aliphatic carbocycles. The molecular weight excluding hydrogens is 374 g/mol. The van der Waals surface area contributed by atoms with E-state index in [4.69, 9.17) is 4.74 Å². The van der Waals surface area contributed by atoms with E-state index >= 15 is 0 Å². The third kappa shape index (κ3) is 3.45. The number of ether oxygens (including phenoxy) is 1. The van der Waals surface area contributed by atoms with Gasteiger partial charge in [0.15, 0.2) is 11.0 Å². The van der Waals surface area contributed by atoms with E-state index in [1.54, 1.807) is 0 Å². The molecule has 2 N–H and O–H groups in total. The van der Waals surface area contributed by atoms with Gasteiger partial charge in [-0.3, -0.25) is 10.1 Å². The van der Waals surface area contributed by atoms with Crippen molar-refractivity contribution in [2.45, 2.75) is 13.3 Å². The van der Waals surface area contributed by atoms with E-state index in [2.05, 4.69) is 20.3 Å². The second kappa shape index (κ2) is 6.92. The van der Waals surface area contributed by atoms with Gasteiger partial charge < -0.3 is 9.72 Å². The minimum Gasteiger partial charge on any atom is -0.494 e. The van der Waals surface area contributed by atoms with Crippen LogP contribution in [0.4, 0.5) is 13.9 Å². The molecule has 2 heterocycles. The summed E-state index contributed by atoms with van der Waals surface area (Å²) in [6.07, 6.45) is -2.70. The summed E-state index contributed by atoms with van der Waals surface area (Å²) in [4.78, 5) is 23.2. The molecule has 4 aromatic rings. The van der Waals surface area contributed by atoms with E-state index in [1.165, 1.54) is 29.5 Å². The Morgan fingerprint density at radius 3 is 2.81 bits per heavy atom. The van der Waals surface area contributed by atoms with E-state index < -0.39 is 12.2 Å². The zero-order valence-electron chi connectivity index (χ0n) is 14.1. The summed E-state index contributed by atoms with van der Waals surface area (Å²) < 4.78 is 31.8. The van der Waals surface area contributed by atoms with E-state index in [1.807, 2.05) is 25.1 Å². The molecule has 2 aromatic heterocycles. The number of carbonyl (C=O) groups is 1. The minimum atomic E-state index is -2.70. The van der Waals surface area contributed by atoms with Crippen LogP contribution < -0.4 is 10.1 Å². The summed E-state index contributed by atoms with van der Waals surface area (Å²) in [7, 11) is 0. The number of amides is 1.